The first-order chi connectivity index (χ1) is 7.56. The van der Waals surface area contributed by atoms with Gasteiger partial charge in [-0.2, -0.15) is 13.2 Å². The Morgan fingerprint density at radius 1 is 1.00 bits per heavy atom. The highest BCUT2D eigenvalue weighted by Crippen LogP contribution is 2.13. The molecular weight excluding hydrogens is 334 g/mol. The van der Waals surface area contributed by atoms with E-state index in [0.717, 1.165) is 13.0 Å². The molecule has 98 valence electrons. The zero-order valence-corrected chi connectivity index (χ0v) is 11.4. The van der Waals surface area contributed by atoms with Gasteiger partial charge in [-0.05, 0) is 23.8 Å². The van der Waals surface area contributed by atoms with Crippen LogP contribution < -0.4 is 5.32 Å². The Bertz CT molecular complexity index is 155. The van der Waals surface area contributed by atoms with Gasteiger partial charge in [-0.3, -0.25) is 0 Å². The molecule has 0 aliphatic rings. The first kappa shape index (κ1) is 16.4. The summed E-state index contributed by atoms with van der Waals surface area (Å²) in [6, 6.07) is 0. The lowest BCUT2D eigenvalue weighted by Crippen LogP contribution is -2.24. The second-order valence-corrected chi connectivity index (χ2v) is 4.60. The van der Waals surface area contributed by atoms with E-state index in [0.29, 0.717) is 6.54 Å². The molecule has 0 rings (SSSR count). The molecule has 0 aromatic heterocycles. The smallest absolute Gasteiger partial charge is 0.371 e. The molecular formula is C10H19F3INO. The minimum absolute atomic E-state index is 0.118. The van der Waals surface area contributed by atoms with Gasteiger partial charge in [-0.25, -0.2) is 0 Å². The summed E-state index contributed by atoms with van der Waals surface area (Å²) in [5.74, 6) is 0. The van der Waals surface area contributed by atoms with Crippen molar-refractivity contribution in [3.8, 4) is 0 Å². The Hall–Kier alpha value is 0.440. The number of rotatable bonds is 10. The van der Waals surface area contributed by atoms with Gasteiger partial charge in [-0.15, -0.1) is 0 Å². The van der Waals surface area contributed by atoms with Crippen LogP contribution in [0.1, 0.15) is 25.7 Å². The minimum atomic E-state index is -4.21. The van der Waals surface area contributed by atoms with E-state index in [9.17, 15) is 13.2 Å². The van der Waals surface area contributed by atoms with Crippen LogP contribution in [-0.2, 0) is 4.74 Å². The van der Waals surface area contributed by atoms with E-state index in [-0.39, 0.29) is 6.61 Å². The molecule has 0 amide bonds. The van der Waals surface area contributed by atoms with Crippen molar-refractivity contribution in [2.24, 2.45) is 0 Å². The third-order valence-corrected chi connectivity index (χ3v) is 2.69. The Kier molecular flexibility index (Phi) is 10.9. The maximum Gasteiger partial charge on any atom is 0.411 e. The number of hydrogen-bond acceptors (Lipinski definition) is 2. The molecule has 0 saturated heterocycles. The Morgan fingerprint density at radius 3 is 2.31 bits per heavy atom. The van der Waals surface area contributed by atoms with Crippen molar-refractivity contribution < 1.29 is 17.9 Å². The molecule has 0 aliphatic heterocycles. The summed E-state index contributed by atoms with van der Waals surface area (Å²) in [5, 5.41) is 3.05. The molecule has 16 heavy (non-hydrogen) atoms. The van der Waals surface area contributed by atoms with E-state index in [1.807, 2.05) is 0 Å². The van der Waals surface area contributed by atoms with Crippen molar-refractivity contribution in [3.05, 3.63) is 0 Å². The third-order valence-electron chi connectivity index (χ3n) is 1.93. The summed E-state index contributed by atoms with van der Waals surface area (Å²) in [6.45, 7) is 0.316. The SMILES string of the molecule is FC(F)(F)COCCNCCCCCCI. The molecule has 0 unspecified atom stereocenters. The Labute approximate surface area is 108 Å². The molecule has 6 heteroatoms. The number of unbranched alkanes of at least 4 members (excludes halogenated alkanes) is 3. The van der Waals surface area contributed by atoms with Crippen LogP contribution in [0.5, 0.6) is 0 Å². The fourth-order valence-corrected chi connectivity index (χ4v) is 1.69. The maximum atomic E-state index is 11.7. The standard InChI is InChI=1S/C10H19F3INO/c11-10(12,13)9-16-8-7-15-6-4-2-1-3-5-14/h15H,1-9H2. The van der Waals surface area contributed by atoms with Crippen molar-refractivity contribution in [2.45, 2.75) is 31.9 Å². The van der Waals surface area contributed by atoms with Crippen molar-refractivity contribution in [2.75, 3.05) is 30.7 Å². The Balaban J connectivity index is 2.99. The number of nitrogens with one attached hydrogen (secondary N) is 1. The van der Waals surface area contributed by atoms with Gasteiger partial charge in [0.05, 0.1) is 6.61 Å². The summed E-state index contributed by atoms with van der Waals surface area (Å²) in [4.78, 5) is 0. The van der Waals surface area contributed by atoms with Crippen LogP contribution in [0.25, 0.3) is 0 Å². The summed E-state index contributed by atoms with van der Waals surface area (Å²) in [6.07, 6.45) is 0.527. The largest absolute Gasteiger partial charge is 0.411 e. The van der Waals surface area contributed by atoms with Crippen LogP contribution >= 0.6 is 22.6 Å². The molecule has 0 fully saturated rings. The van der Waals surface area contributed by atoms with Crippen LogP contribution in [-0.4, -0.2) is 36.9 Å². The topological polar surface area (TPSA) is 21.3 Å². The summed E-state index contributed by atoms with van der Waals surface area (Å²) in [7, 11) is 0. The lowest BCUT2D eigenvalue weighted by atomic mass is 10.2. The second-order valence-electron chi connectivity index (χ2n) is 3.52. The quantitative estimate of drug-likeness (QED) is 0.370. The molecule has 0 bridgehead atoms. The molecule has 2 nitrogen and oxygen atoms in total. The first-order valence-electron chi connectivity index (χ1n) is 5.47. The number of alkyl halides is 4. The van der Waals surface area contributed by atoms with Crippen molar-refractivity contribution in [3.63, 3.8) is 0 Å². The highest BCUT2D eigenvalue weighted by molar-refractivity contribution is 14.1. The molecule has 0 saturated carbocycles. The average molecular weight is 353 g/mol. The van der Waals surface area contributed by atoms with E-state index in [1.165, 1.54) is 23.7 Å². The van der Waals surface area contributed by atoms with E-state index in [1.54, 1.807) is 0 Å². The normalized spacial score (nSPS) is 12.0. The monoisotopic (exact) mass is 353 g/mol. The Morgan fingerprint density at radius 2 is 1.69 bits per heavy atom. The summed E-state index contributed by atoms with van der Waals surface area (Å²) >= 11 is 2.35. The van der Waals surface area contributed by atoms with E-state index < -0.39 is 12.8 Å². The summed E-state index contributed by atoms with van der Waals surface area (Å²) in [5.41, 5.74) is 0. The van der Waals surface area contributed by atoms with Crippen molar-refractivity contribution >= 4 is 22.6 Å². The predicted molar refractivity (Wildman–Crippen MR) is 67.1 cm³/mol. The highest BCUT2D eigenvalue weighted by Gasteiger charge is 2.27. The lowest BCUT2D eigenvalue weighted by Gasteiger charge is -2.08. The lowest BCUT2D eigenvalue weighted by molar-refractivity contribution is -0.173. The fourth-order valence-electron chi connectivity index (χ4n) is 1.16. The van der Waals surface area contributed by atoms with E-state index >= 15 is 0 Å². The molecule has 0 atom stereocenters. The van der Waals surface area contributed by atoms with Crippen LogP contribution in [0.15, 0.2) is 0 Å². The zero-order valence-electron chi connectivity index (χ0n) is 9.28. The molecule has 0 aromatic carbocycles. The predicted octanol–water partition coefficient (Wildman–Crippen LogP) is 3.15. The van der Waals surface area contributed by atoms with Crippen LogP contribution in [0, 0.1) is 0 Å². The van der Waals surface area contributed by atoms with Crippen molar-refractivity contribution in [1.82, 2.24) is 5.32 Å². The van der Waals surface area contributed by atoms with Gasteiger partial charge in [0, 0.05) is 6.54 Å². The van der Waals surface area contributed by atoms with Gasteiger partial charge < -0.3 is 10.1 Å². The number of hydrogen-bond donors (Lipinski definition) is 1. The van der Waals surface area contributed by atoms with Gasteiger partial charge in [-0.1, -0.05) is 35.4 Å². The highest BCUT2D eigenvalue weighted by atomic mass is 127. The molecule has 0 heterocycles. The molecule has 0 spiro atoms. The summed E-state index contributed by atoms with van der Waals surface area (Å²) < 4.78 is 40.6. The van der Waals surface area contributed by atoms with Crippen LogP contribution in [0.4, 0.5) is 13.2 Å². The van der Waals surface area contributed by atoms with Gasteiger partial charge in [0.25, 0.3) is 0 Å². The first-order valence-corrected chi connectivity index (χ1v) is 7.00. The molecule has 1 N–H and O–H groups in total. The maximum absolute atomic E-state index is 11.7. The van der Waals surface area contributed by atoms with Crippen LogP contribution in [0.3, 0.4) is 0 Å². The number of ether oxygens (including phenoxy) is 1. The molecule has 0 aliphatic carbocycles. The van der Waals surface area contributed by atoms with Gasteiger partial charge >= 0.3 is 6.18 Å². The van der Waals surface area contributed by atoms with Gasteiger partial charge in [0.1, 0.15) is 6.61 Å². The third kappa shape index (κ3) is 14.4. The molecule has 0 radical (unpaired) electrons. The van der Waals surface area contributed by atoms with E-state index in [4.69, 9.17) is 0 Å². The second kappa shape index (κ2) is 10.6. The van der Waals surface area contributed by atoms with Crippen LogP contribution in [0.2, 0.25) is 0 Å². The fraction of sp³-hybridized carbons (Fsp3) is 1.00. The van der Waals surface area contributed by atoms with Crippen molar-refractivity contribution in [1.29, 1.82) is 0 Å². The molecule has 0 aromatic rings. The average Bonchev–Trinajstić information content (AvgIpc) is 2.19. The van der Waals surface area contributed by atoms with Gasteiger partial charge in [0.2, 0.25) is 0 Å². The number of halogens is 4. The van der Waals surface area contributed by atoms with E-state index in [2.05, 4.69) is 32.6 Å². The van der Waals surface area contributed by atoms with Gasteiger partial charge in [0.15, 0.2) is 0 Å². The minimum Gasteiger partial charge on any atom is -0.371 e. The zero-order chi connectivity index (χ0) is 12.3.